The first-order valence-electron chi connectivity index (χ1n) is 10.2. The van der Waals surface area contributed by atoms with Crippen LogP contribution >= 0.6 is 0 Å². The van der Waals surface area contributed by atoms with E-state index in [0.717, 1.165) is 36.3 Å². The molecule has 6 nitrogen and oxygen atoms in total. The summed E-state index contributed by atoms with van der Waals surface area (Å²) in [6.07, 6.45) is 1.91. The fraction of sp³-hybridized carbons (Fsp3) is 0.682. The van der Waals surface area contributed by atoms with E-state index in [1.54, 1.807) is 21.3 Å². The van der Waals surface area contributed by atoms with Gasteiger partial charge in [0.2, 0.25) is 0 Å². The van der Waals surface area contributed by atoms with Crippen molar-refractivity contribution in [3.05, 3.63) is 29.3 Å². The minimum Gasteiger partial charge on any atom is -0.497 e. The molecule has 1 heterocycles. The Morgan fingerprint density at radius 3 is 2.68 bits per heavy atom. The zero-order valence-electron chi connectivity index (χ0n) is 17.1. The number of carbonyl (C=O) groups is 1. The average Bonchev–Trinajstić information content (AvgIpc) is 2.87. The van der Waals surface area contributed by atoms with E-state index in [1.807, 2.05) is 19.2 Å². The Morgan fingerprint density at radius 1 is 1.18 bits per heavy atom. The fourth-order valence-electron chi connectivity index (χ4n) is 7.54. The molecule has 3 fully saturated rings. The molecule has 3 aliphatic carbocycles. The van der Waals surface area contributed by atoms with Crippen LogP contribution in [-0.2, 0) is 19.6 Å². The van der Waals surface area contributed by atoms with Crippen LogP contribution in [0.2, 0.25) is 0 Å². The third-order valence-electron chi connectivity index (χ3n) is 8.26. The molecule has 7 atom stereocenters. The van der Waals surface area contributed by atoms with Crippen molar-refractivity contribution in [3.63, 3.8) is 0 Å². The number of Topliss-reactive ketones (excluding diaryl/α,β-unsaturated/α-hetero) is 1. The number of nitrogens with two attached hydrogens (primary N) is 1. The largest absolute Gasteiger partial charge is 0.497 e. The molecule has 0 radical (unpaired) electrons. The maximum absolute atomic E-state index is 13.6. The summed E-state index contributed by atoms with van der Waals surface area (Å²) in [6, 6.07) is 6.05. The van der Waals surface area contributed by atoms with E-state index in [2.05, 4.69) is 11.4 Å². The Morgan fingerprint density at radius 2 is 2.00 bits per heavy atom. The molecular formula is C22H30NO5+. The van der Waals surface area contributed by atoms with Gasteiger partial charge in [-0.25, -0.2) is 0 Å². The van der Waals surface area contributed by atoms with Gasteiger partial charge in [0.05, 0.1) is 37.9 Å². The Balaban J connectivity index is 1.83. The van der Waals surface area contributed by atoms with Gasteiger partial charge in [-0.1, -0.05) is 0 Å². The van der Waals surface area contributed by atoms with Crippen LogP contribution in [0.1, 0.15) is 28.8 Å². The minimum atomic E-state index is -0.271. The second-order valence-corrected chi connectivity index (χ2v) is 8.94. The maximum atomic E-state index is 13.6. The van der Waals surface area contributed by atoms with Crippen LogP contribution in [0.4, 0.5) is 0 Å². The van der Waals surface area contributed by atoms with Crippen molar-refractivity contribution in [2.45, 2.75) is 36.5 Å². The smallest absolute Gasteiger partial charge is 0.174 e. The molecule has 4 aliphatic rings. The second-order valence-electron chi connectivity index (χ2n) is 8.94. The molecule has 5 rings (SSSR count). The lowest BCUT2D eigenvalue weighted by atomic mass is 9.48. The molecule has 0 amide bonds. The number of hydrogen-bond donors (Lipinski definition) is 1. The second kappa shape index (κ2) is 6.26. The Kier molecular flexibility index (Phi) is 4.15. The zero-order valence-corrected chi connectivity index (χ0v) is 17.1. The minimum absolute atomic E-state index is 0.0271. The fourth-order valence-corrected chi connectivity index (χ4v) is 7.54. The van der Waals surface area contributed by atoms with Gasteiger partial charge in [-0.3, -0.25) is 4.79 Å². The number of ether oxygens (including phenoxy) is 4. The third-order valence-corrected chi connectivity index (χ3v) is 8.26. The Bertz CT molecular complexity index is 812. The van der Waals surface area contributed by atoms with Crippen LogP contribution in [0, 0.1) is 17.3 Å². The van der Waals surface area contributed by atoms with Crippen molar-refractivity contribution in [3.8, 4) is 5.75 Å². The molecule has 152 valence electrons. The van der Waals surface area contributed by atoms with Gasteiger partial charge in [0.25, 0.3) is 0 Å². The van der Waals surface area contributed by atoms with Gasteiger partial charge < -0.3 is 24.3 Å². The molecule has 1 saturated heterocycles. The molecular weight excluding hydrogens is 358 g/mol. The molecule has 2 saturated carbocycles. The summed E-state index contributed by atoms with van der Waals surface area (Å²) in [5.41, 5.74) is 1.61. The molecule has 1 aromatic rings. The van der Waals surface area contributed by atoms with Gasteiger partial charge in [-0.2, -0.15) is 0 Å². The van der Waals surface area contributed by atoms with E-state index in [9.17, 15) is 4.79 Å². The van der Waals surface area contributed by atoms with E-state index < -0.39 is 0 Å². The Hall–Kier alpha value is -1.47. The first-order chi connectivity index (χ1) is 13.6. The molecule has 0 aromatic heterocycles. The first-order valence-corrected chi connectivity index (χ1v) is 10.2. The summed E-state index contributed by atoms with van der Waals surface area (Å²) >= 11 is 0. The summed E-state index contributed by atoms with van der Waals surface area (Å²) < 4.78 is 23.6. The molecule has 2 N–H and O–H groups in total. The lowest BCUT2D eigenvalue weighted by Gasteiger charge is -2.59. The summed E-state index contributed by atoms with van der Waals surface area (Å²) in [5.74, 6) is 1.02. The number of carbonyl (C=O) groups excluding carboxylic acids is 1. The van der Waals surface area contributed by atoms with Crippen LogP contribution in [0.5, 0.6) is 5.75 Å². The van der Waals surface area contributed by atoms with Crippen LogP contribution in [0.25, 0.3) is 0 Å². The lowest BCUT2D eigenvalue weighted by Crippen LogP contribution is -3.01. The molecule has 1 aliphatic heterocycles. The van der Waals surface area contributed by atoms with Crippen molar-refractivity contribution in [1.82, 2.24) is 0 Å². The molecule has 1 aromatic carbocycles. The van der Waals surface area contributed by atoms with Crippen LogP contribution in [0.15, 0.2) is 18.2 Å². The van der Waals surface area contributed by atoms with Crippen LogP contribution in [0.3, 0.4) is 0 Å². The summed E-state index contributed by atoms with van der Waals surface area (Å²) in [4.78, 5) is 13.6. The van der Waals surface area contributed by atoms with E-state index in [1.165, 1.54) is 0 Å². The normalized spacial score (nSPS) is 43.0. The maximum Gasteiger partial charge on any atom is 0.174 e. The predicted octanol–water partition coefficient (Wildman–Crippen LogP) is 0.778. The number of methoxy groups -OCH3 is 4. The topological polar surface area (TPSA) is 70.6 Å². The summed E-state index contributed by atoms with van der Waals surface area (Å²) in [7, 11) is 7.02. The van der Waals surface area contributed by atoms with Gasteiger partial charge >= 0.3 is 0 Å². The third kappa shape index (κ3) is 1.95. The Labute approximate surface area is 165 Å². The number of benzene rings is 1. The van der Waals surface area contributed by atoms with Gasteiger partial charge in [0, 0.05) is 38.2 Å². The molecule has 5 bridgehead atoms. The number of fused-ring (bicyclic) bond motifs is 1. The highest BCUT2D eigenvalue weighted by Gasteiger charge is 2.79. The van der Waals surface area contributed by atoms with Crippen LogP contribution < -0.4 is 10.1 Å². The highest BCUT2D eigenvalue weighted by molar-refractivity contribution is 6.03. The number of ketones is 1. The van der Waals surface area contributed by atoms with E-state index in [-0.39, 0.29) is 46.7 Å². The van der Waals surface area contributed by atoms with Gasteiger partial charge in [-0.15, -0.1) is 0 Å². The van der Waals surface area contributed by atoms with Gasteiger partial charge in [0.1, 0.15) is 17.7 Å². The van der Waals surface area contributed by atoms with Crippen molar-refractivity contribution >= 4 is 5.78 Å². The summed E-state index contributed by atoms with van der Waals surface area (Å²) in [5, 5.41) is 2.39. The number of hydrogen-bond acceptors (Lipinski definition) is 5. The first kappa shape index (κ1) is 18.6. The lowest BCUT2D eigenvalue weighted by molar-refractivity contribution is -0.726. The monoisotopic (exact) mass is 388 g/mol. The number of rotatable bonds is 5. The number of piperidine rings is 1. The van der Waals surface area contributed by atoms with E-state index in [4.69, 9.17) is 18.9 Å². The van der Waals surface area contributed by atoms with E-state index >= 15 is 0 Å². The molecule has 6 heteroatoms. The summed E-state index contributed by atoms with van der Waals surface area (Å²) in [6.45, 7) is 1.65. The predicted molar refractivity (Wildman–Crippen MR) is 102 cm³/mol. The van der Waals surface area contributed by atoms with Crippen LogP contribution in [-0.4, -0.2) is 65.6 Å². The molecule has 7 unspecified atom stereocenters. The zero-order chi connectivity index (χ0) is 19.7. The van der Waals surface area contributed by atoms with Crippen molar-refractivity contribution in [1.29, 1.82) is 0 Å². The van der Waals surface area contributed by atoms with E-state index in [0.29, 0.717) is 6.61 Å². The highest BCUT2D eigenvalue weighted by Crippen LogP contribution is 2.66. The highest BCUT2D eigenvalue weighted by atomic mass is 16.5. The van der Waals surface area contributed by atoms with Crippen molar-refractivity contribution in [2.24, 2.45) is 17.3 Å². The quantitative estimate of drug-likeness (QED) is 0.807. The number of quaternary nitrogens is 1. The molecule has 1 spiro atoms. The van der Waals surface area contributed by atoms with Crippen molar-refractivity contribution < 1.29 is 29.1 Å². The van der Waals surface area contributed by atoms with Crippen molar-refractivity contribution in [2.75, 3.05) is 41.6 Å². The average molecular weight is 388 g/mol. The van der Waals surface area contributed by atoms with Gasteiger partial charge in [-0.05, 0) is 36.6 Å². The standard InChI is InChI=1S/C22H29NO5/c1-25-11-21-8-7-15(27-3)22-14-9-12(26-2)5-6-13(14)17(24)16(20(22)23-10-21)18(28-4)19(21)22/h5-6,9,15-16,18-20,23H,7-8,10-11H2,1-4H3/p+1. The molecule has 28 heavy (non-hydrogen) atoms. The SMILES string of the molecule is COCC12CCC(OC)C34c5cc(OC)ccc5C(=O)C(C(OC)C13)C4[NH2+]C2. The van der Waals surface area contributed by atoms with Gasteiger partial charge in [0.15, 0.2) is 5.78 Å².